The predicted octanol–water partition coefficient (Wildman–Crippen LogP) is 5.27. The van der Waals surface area contributed by atoms with E-state index in [4.69, 9.17) is 15.2 Å². The molecule has 0 spiro atoms. The van der Waals surface area contributed by atoms with Crippen LogP contribution in [0.4, 0.5) is 10.1 Å². The second-order valence-electron chi connectivity index (χ2n) is 9.25. The zero-order valence-electron chi connectivity index (χ0n) is 21.9. The number of rotatable bonds is 10. The molecule has 40 heavy (non-hydrogen) atoms. The van der Waals surface area contributed by atoms with Crippen molar-refractivity contribution in [1.29, 1.82) is 0 Å². The molecule has 204 valence electrons. The number of hydrogen-bond donors (Lipinski definition) is 4. The van der Waals surface area contributed by atoms with Crippen molar-refractivity contribution in [2.24, 2.45) is 5.73 Å². The van der Waals surface area contributed by atoms with Gasteiger partial charge in [0, 0.05) is 47.9 Å². The fourth-order valence-corrected chi connectivity index (χ4v) is 4.83. The van der Waals surface area contributed by atoms with Crippen LogP contribution in [-0.2, 0) is 11.3 Å². The second kappa shape index (κ2) is 11.0. The summed E-state index contributed by atoms with van der Waals surface area (Å²) in [6, 6.07) is 15.0. The first-order chi connectivity index (χ1) is 19.3. The number of aromatic nitrogens is 2. The molecule has 0 bridgehead atoms. The van der Waals surface area contributed by atoms with Gasteiger partial charge in [0.25, 0.3) is 5.91 Å². The first-order valence-corrected chi connectivity index (χ1v) is 12.5. The van der Waals surface area contributed by atoms with Crippen LogP contribution in [0.25, 0.3) is 32.9 Å². The van der Waals surface area contributed by atoms with Gasteiger partial charge in [0.05, 0.1) is 23.2 Å². The second-order valence-corrected chi connectivity index (χ2v) is 9.25. The zero-order chi connectivity index (χ0) is 28.4. The maximum Gasteiger partial charge on any atom is 0.336 e. The molecule has 0 unspecified atom stereocenters. The molecule has 3 aromatic carbocycles. The molecule has 9 nitrogen and oxygen atoms in total. The molecule has 0 aliphatic rings. The van der Waals surface area contributed by atoms with Crippen LogP contribution in [0.3, 0.4) is 0 Å². The Morgan fingerprint density at radius 1 is 1.10 bits per heavy atom. The standard InChI is InChI=1S/C30H27FN4O5/c1-16-20(4-3-5-24(16)33-14-17-6-7-18(31)12-22(17)30(37)38)23-15-34-28(29(32)36)27-26(23)21-9-8-19(13-25(21)35-27)40-11-10-39-2/h3-9,12-13,15,33,35H,10-11,14H2,1-2H3,(H2,32,36)(H,37,38). The number of carboxylic acid groups (broad SMARTS) is 1. The number of aromatic carboxylic acids is 1. The summed E-state index contributed by atoms with van der Waals surface area (Å²) < 4.78 is 24.4. The molecule has 2 aromatic heterocycles. The third-order valence-corrected chi connectivity index (χ3v) is 6.78. The van der Waals surface area contributed by atoms with Crippen LogP contribution in [0, 0.1) is 12.7 Å². The first-order valence-electron chi connectivity index (χ1n) is 12.5. The molecule has 0 fully saturated rings. The number of pyridine rings is 1. The van der Waals surface area contributed by atoms with Crippen molar-refractivity contribution in [3.63, 3.8) is 0 Å². The van der Waals surface area contributed by atoms with Gasteiger partial charge in [0.1, 0.15) is 18.2 Å². The largest absolute Gasteiger partial charge is 0.491 e. The highest BCUT2D eigenvalue weighted by Gasteiger charge is 2.20. The molecule has 0 radical (unpaired) electrons. The van der Waals surface area contributed by atoms with Crippen molar-refractivity contribution < 1.29 is 28.6 Å². The monoisotopic (exact) mass is 542 g/mol. The average molecular weight is 543 g/mol. The van der Waals surface area contributed by atoms with Gasteiger partial charge in [-0.1, -0.05) is 18.2 Å². The summed E-state index contributed by atoms with van der Waals surface area (Å²) in [4.78, 5) is 31.5. The van der Waals surface area contributed by atoms with Crippen LogP contribution >= 0.6 is 0 Å². The normalized spacial score (nSPS) is 11.2. The summed E-state index contributed by atoms with van der Waals surface area (Å²) in [5.74, 6) is -1.81. The van der Waals surface area contributed by atoms with Crippen molar-refractivity contribution >= 4 is 39.4 Å². The van der Waals surface area contributed by atoms with Crippen LogP contribution in [-0.4, -0.2) is 47.3 Å². The summed E-state index contributed by atoms with van der Waals surface area (Å²) in [5, 5.41) is 14.4. The van der Waals surface area contributed by atoms with Crippen LogP contribution in [0.2, 0.25) is 0 Å². The number of halogens is 1. The molecule has 0 aliphatic heterocycles. The number of nitrogens with two attached hydrogens (primary N) is 1. The lowest BCUT2D eigenvalue weighted by molar-refractivity contribution is 0.0695. The minimum Gasteiger partial charge on any atom is -0.491 e. The SMILES string of the molecule is COCCOc1ccc2c(c1)[nH]c1c(C(N)=O)ncc(-c3cccc(NCc4ccc(F)cc4C(=O)O)c3C)c12. The Morgan fingerprint density at radius 3 is 2.67 bits per heavy atom. The number of ether oxygens (including phenoxy) is 2. The van der Waals surface area contributed by atoms with Crippen molar-refractivity contribution in [3.8, 4) is 16.9 Å². The lowest BCUT2D eigenvalue weighted by Gasteiger charge is -2.16. The Hall–Kier alpha value is -4.96. The molecule has 0 atom stereocenters. The van der Waals surface area contributed by atoms with E-state index in [-0.39, 0.29) is 17.8 Å². The number of carbonyl (C=O) groups is 2. The molecule has 10 heteroatoms. The topological polar surface area (TPSA) is 140 Å². The number of nitrogens with zero attached hydrogens (tertiary/aromatic N) is 1. The molecule has 1 amide bonds. The zero-order valence-corrected chi connectivity index (χ0v) is 21.9. The average Bonchev–Trinajstić information content (AvgIpc) is 3.31. The molecule has 5 rings (SSSR count). The number of amides is 1. The van der Waals surface area contributed by atoms with E-state index in [1.165, 1.54) is 12.1 Å². The quantitative estimate of drug-likeness (QED) is 0.176. The highest BCUT2D eigenvalue weighted by Crippen LogP contribution is 2.39. The molecule has 0 saturated carbocycles. The van der Waals surface area contributed by atoms with E-state index in [0.29, 0.717) is 30.0 Å². The maximum absolute atomic E-state index is 13.6. The van der Waals surface area contributed by atoms with E-state index in [1.807, 2.05) is 43.3 Å². The summed E-state index contributed by atoms with van der Waals surface area (Å²) >= 11 is 0. The van der Waals surface area contributed by atoms with Crippen LogP contribution < -0.4 is 15.8 Å². The Balaban J connectivity index is 1.57. The minimum absolute atomic E-state index is 0.0985. The van der Waals surface area contributed by atoms with Crippen LogP contribution in [0.1, 0.15) is 32.0 Å². The van der Waals surface area contributed by atoms with E-state index in [1.54, 1.807) is 13.3 Å². The summed E-state index contributed by atoms with van der Waals surface area (Å²) in [6.07, 6.45) is 1.63. The molecule has 0 aliphatic carbocycles. The van der Waals surface area contributed by atoms with Gasteiger partial charge >= 0.3 is 5.97 Å². The number of methoxy groups -OCH3 is 1. The van der Waals surface area contributed by atoms with E-state index < -0.39 is 17.7 Å². The van der Waals surface area contributed by atoms with Gasteiger partial charge in [0.2, 0.25) is 0 Å². The van der Waals surface area contributed by atoms with Gasteiger partial charge < -0.3 is 30.6 Å². The lowest BCUT2D eigenvalue weighted by Crippen LogP contribution is -2.13. The predicted molar refractivity (Wildman–Crippen MR) is 150 cm³/mol. The van der Waals surface area contributed by atoms with E-state index >= 15 is 0 Å². The fourth-order valence-electron chi connectivity index (χ4n) is 4.83. The molecular formula is C30H27FN4O5. The van der Waals surface area contributed by atoms with Gasteiger partial charge in [-0.3, -0.25) is 4.79 Å². The number of anilines is 1. The number of aromatic amines is 1. The molecule has 0 saturated heterocycles. The van der Waals surface area contributed by atoms with Crippen LogP contribution in [0.5, 0.6) is 5.75 Å². The maximum atomic E-state index is 13.6. The number of nitrogens with one attached hydrogen (secondary N) is 2. The molecular weight excluding hydrogens is 515 g/mol. The molecule has 5 N–H and O–H groups in total. The number of benzene rings is 3. The van der Waals surface area contributed by atoms with Crippen molar-refractivity contribution in [2.75, 3.05) is 25.6 Å². The van der Waals surface area contributed by atoms with E-state index in [9.17, 15) is 19.1 Å². The van der Waals surface area contributed by atoms with Crippen molar-refractivity contribution in [1.82, 2.24) is 9.97 Å². The van der Waals surface area contributed by atoms with Crippen molar-refractivity contribution in [3.05, 3.63) is 89.0 Å². The highest BCUT2D eigenvalue weighted by atomic mass is 19.1. The van der Waals surface area contributed by atoms with Crippen LogP contribution in [0.15, 0.2) is 60.8 Å². The van der Waals surface area contributed by atoms with Gasteiger partial charge in [-0.2, -0.15) is 0 Å². The first kappa shape index (κ1) is 26.6. The Bertz CT molecular complexity index is 1760. The molecule has 2 heterocycles. The van der Waals surface area contributed by atoms with Gasteiger partial charge in [-0.25, -0.2) is 14.2 Å². The number of hydrogen-bond acceptors (Lipinski definition) is 6. The van der Waals surface area contributed by atoms with Gasteiger partial charge in [-0.15, -0.1) is 0 Å². The number of carbonyl (C=O) groups excluding carboxylic acids is 1. The Morgan fingerprint density at radius 2 is 1.93 bits per heavy atom. The third kappa shape index (κ3) is 5.04. The molecule has 5 aromatic rings. The van der Waals surface area contributed by atoms with Crippen molar-refractivity contribution in [2.45, 2.75) is 13.5 Å². The Kier molecular flexibility index (Phi) is 7.35. The lowest BCUT2D eigenvalue weighted by atomic mass is 9.95. The Labute approximate surface area is 228 Å². The smallest absolute Gasteiger partial charge is 0.336 e. The third-order valence-electron chi connectivity index (χ3n) is 6.78. The summed E-state index contributed by atoms with van der Waals surface area (Å²) in [5.41, 5.74) is 10.7. The number of primary amides is 1. The van der Waals surface area contributed by atoms with Gasteiger partial charge in [-0.05, 0) is 53.9 Å². The van der Waals surface area contributed by atoms with E-state index in [2.05, 4.69) is 15.3 Å². The van der Waals surface area contributed by atoms with Gasteiger partial charge in [0.15, 0.2) is 5.69 Å². The summed E-state index contributed by atoms with van der Waals surface area (Å²) in [7, 11) is 1.60. The number of H-pyrrole nitrogens is 1. The fraction of sp³-hybridized carbons (Fsp3) is 0.167. The summed E-state index contributed by atoms with van der Waals surface area (Å²) in [6.45, 7) is 2.96. The number of fused-ring (bicyclic) bond motifs is 3. The van der Waals surface area contributed by atoms with E-state index in [0.717, 1.165) is 44.7 Å². The minimum atomic E-state index is -1.20. The highest BCUT2D eigenvalue weighted by molar-refractivity contribution is 6.19. The number of carboxylic acids is 1.